The zero-order valence-electron chi connectivity index (χ0n) is 40.1. The van der Waals surface area contributed by atoms with E-state index in [0.29, 0.717) is 66.2 Å². The quantitative estimate of drug-likeness (QED) is 0.0940. The van der Waals surface area contributed by atoms with E-state index in [1.165, 1.54) is 96.0 Å². The van der Waals surface area contributed by atoms with E-state index in [9.17, 15) is 27.2 Å². The molecule has 0 aliphatic heterocycles. The molecule has 20 nitrogen and oxygen atoms in total. The molecule has 0 bridgehead atoms. The summed E-state index contributed by atoms with van der Waals surface area (Å²) in [6.07, 6.45) is 8.12. The fourth-order valence-electron chi connectivity index (χ4n) is 8.80. The Balaban J connectivity index is 0.000000162. The number of nitrogens with zero attached hydrogens (tertiary/aromatic N) is 14. The van der Waals surface area contributed by atoms with E-state index >= 15 is 0 Å². The summed E-state index contributed by atoms with van der Waals surface area (Å²) in [5, 5.41) is 18.1. The average Bonchev–Trinajstić information content (AvgIpc) is 4.30. The van der Waals surface area contributed by atoms with Gasteiger partial charge in [0.2, 0.25) is 0 Å². The Hall–Kier alpha value is -9.56. The molecule has 0 saturated carbocycles. The summed E-state index contributed by atoms with van der Waals surface area (Å²) >= 11 is 2.76. The van der Waals surface area contributed by atoms with E-state index in [0.717, 1.165) is 30.9 Å². The number of nitrogen functional groups attached to an aromatic ring is 2. The molecule has 10 heterocycles. The molecule has 0 aliphatic rings. The first-order valence-electron chi connectivity index (χ1n) is 22.9. The molecule has 380 valence electrons. The van der Waals surface area contributed by atoms with Crippen molar-refractivity contribution in [2.45, 2.75) is 25.9 Å². The summed E-state index contributed by atoms with van der Waals surface area (Å²) in [7, 11) is 3.53. The topological polar surface area (TPSA) is 258 Å². The number of nitrogens with one attached hydrogen (secondary N) is 2. The van der Waals surface area contributed by atoms with Crippen LogP contribution in [0.4, 0.5) is 39.5 Å². The Morgan fingerprint density at radius 3 is 1.36 bits per heavy atom. The van der Waals surface area contributed by atoms with Crippen LogP contribution in [-0.2, 0) is 0 Å². The Morgan fingerprint density at radius 2 is 0.974 bits per heavy atom. The molecular weight excluding hydrogens is 1020 g/mol. The summed E-state index contributed by atoms with van der Waals surface area (Å²) in [5.41, 5.74) is 15.2. The monoisotopic (exact) mass is 1060 g/mol. The summed E-state index contributed by atoms with van der Waals surface area (Å²) in [5.74, 6) is -1.79. The molecule has 12 aromatic rings. The highest BCUT2D eigenvalue weighted by molar-refractivity contribution is 7.19. The minimum Gasteiger partial charge on any atom is -0.383 e. The molecule has 6 N–H and O–H groups in total. The normalized spacial score (nSPS) is 12.3. The van der Waals surface area contributed by atoms with Gasteiger partial charge < -0.3 is 22.1 Å². The first-order chi connectivity index (χ1) is 36.7. The number of pyridine rings is 2. The van der Waals surface area contributed by atoms with Crippen molar-refractivity contribution < 1.29 is 17.6 Å². The second-order valence-corrected chi connectivity index (χ2v) is 19.0. The molecule has 2 aromatic carbocycles. The number of thiazole rings is 2. The van der Waals surface area contributed by atoms with Gasteiger partial charge in [0.05, 0.1) is 55.1 Å². The van der Waals surface area contributed by atoms with Gasteiger partial charge in [-0.25, -0.2) is 66.8 Å². The molecular formula is C50H38F4N18O2S2. The second-order valence-electron chi connectivity index (χ2n) is 16.9. The van der Waals surface area contributed by atoms with Crippen LogP contribution in [0.3, 0.4) is 0 Å². The molecule has 0 saturated heterocycles. The van der Waals surface area contributed by atoms with Crippen LogP contribution in [0, 0.1) is 23.3 Å². The standard InChI is InChI=1S/2C25H19F2N9OS/c2*1-12(36-23-19(22(28)31-11-32-23)21(34-36)16-9-30-25(29-2)38-16)20-18(13-4-3-5-14(26)8-13)24(37)35-10-15(27)6-7-17(35)33-20/h2*3-12H,1-2H3,(H,29,30)(H2,28,31,32)/t2*12-/m10/s1. The lowest BCUT2D eigenvalue weighted by atomic mass is 10.0. The molecule has 0 fully saturated rings. The molecule has 2 atom stereocenters. The predicted molar refractivity (Wildman–Crippen MR) is 282 cm³/mol. The van der Waals surface area contributed by atoms with Crippen molar-refractivity contribution in [3.05, 3.63) is 166 Å². The van der Waals surface area contributed by atoms with Gasteiger partial charge in [-0.1, -0.05) is 46.9 Å². The maximum Gasteiger partial charge on any atom is 0.266 e. The first kappa shape index (κ1) is 48.7. The van der Waals surface area contributed by atoms with Crippen molar-refractivity contribution in [3.63, 3.8) is 0 Å². The molecule has 26 heteroatoms. The van der Waals surface area contributed by atoms with E-state index in [-0.39, 0.29) is 34.1 Å². The van der Waals surface area contributed by atoms with Gasteiger partial charge in [-0.05, 0) is 73.5 Å². The van der Waals surface area contributed by atoms with Gasteiger partial charge in [0.1, 0.15) is 70.2 Å². The fourth-order valence-corrected chi connectivity index (χ4v) is 10.3. The van der Waals surface area contributed by atoms with Crippen molar-refractivity contribution in [1.82, 2.24) is 68.2 Å². The number of hydrogen-bond donors (Lipinski definition) is 4. The van der Waals surface area contributed by atoms with Gasteiger partial charge in [-0.3, -0.25) is 18.4 Å². The molecule has 76 heavy (non-hydrogen) atoms. The van der Waals surface area contributed by atoms with Crippen LogP contribution in [-0.4, -0.2) is 82.3 Å². The van der Waals surface area contributed by atoms with E-state index in [1.807, 2.05) is 0 Å². The number of benzene rings is 2. The van der Waals surface area contributed by atoms with Gasteiger partial charge in [0.15, 0.2) is 21.6 Å². The fraction of sp³-hybridized carbons (Fsp3) is 0.120. The third-order valence-corrected chi connectivity index (χ3v) is 14.4. The number of hydrogen-bond acceptors (Lipinski definition) is 18. The maximum absolute atomic E-state index is 14.2. The average molecular weight is 1060 g/mol. The minimum atomic E-state index is -0.668. The Kier molecular flexibility index (Phi) is 12.4. The largest absolute Gasteiger partial charge is 0.383 e. The summed E-state index contributed by atoms with van der Waals surface area (Å²) in [6, 6.07) is 15.2. The van der Waals surface area contributed by atoms with Crippen LogP contribution in [0.1, 0.15) is 37.3 Å². The van der Waals surface area contributed by atoms with Crippen molar-refractivity contribution in [2.24, 2.45) is 0 Å². The highest BCUT2D eigenvalue weighted by Crippen LogP contribution is 2.40. The Labute approximate surface area is 433 Å². The molecule has 0 spiro atoms. The van der Waals surface area contributed by atoms with Crippen LogP contribution < -0.4 is 33.2 Å². The molecule has 12 rings (SSSR count). The lowest BCUT2D eigenvalue weighted by Gasteiger charge is -2.18. The van der Waals surface area contributed by atoms with Crippen LogP contribution >= 0.6 is 22.7 Å². The van der Waals surface area contributed by atoms with Crippen LogP contribution in [0.5, 0.6) is 0 Å². The molecule has 10 aromatic heterocycles. The van der Waals surface area contributed by atoms with Crippen molar-refractivity contribution >= 4 is 77.9 Å². The number of fused-ring (bicyclic) bond motifs is 4. The van der Waals surface area contributed by atoms with Crippen molar-refractivity contribution in [2.75, 3.05) is 36.2 Å². The van der Waals surface area contributed by atoms with Crippen LogP contribution in [0.25, 0.3) is 76.8 Å². The Morgan fingerprint density at radius 1 is 0.553 bits per heavy atom. The van der Waals surface area contributed by atoms with Crippen molar-refractivity contribution in [1.29, 1.82) is 0 Å². The number of halogens is 4. The predicted octanol–water partition coefficient (Wildman–Crippen LogP) is 8.27. The van der Waals surface area contributed by atoms with Gasteiger partial charge in [0, 0.05) is 38.9 Å². The number of aromatic nitrogens is 14. The van der Waals surface area contributed by atoms with E-state index in [4.69, 9.17) is 31.6 Å². The van der Waals surface area contributed by atoms with Gasteiger partial charge in [-0.15, -0.1) is 0 Å². The minimum absolute atomic E-state index is 0.114. The third kappa shape index (κ3) is 8.52. The number of rotatable bonds is 10. The van der Waals surface area contributed by atoms with Gasteiger partial charge in [-0.2, -0.15) is 10.2 Å². The van der Waals surface area contributed by atoms with Crippen LogP contribution in [0.2, 0.25) is 0 Å². The zero-order chi connectivity index (χ0) is 53.1. The molecule has 0 aliphatic carbocycles. The SMILES string of the molecule is CNc1ncc(-c2nn([C@@H](C)c3nc4ccc(F)cn4c(=O)c3-c3cccc(F)c3)c3ncnc(N)c23)s1.CNc1ncc(-c2nn([C@H](C)c3nc4ccc(F)cn4c(=O)c3-c3cccc(F)c3)c3ncnc(N)c23)s1. The van der Waals surface area contributed by atoms with Crippen molar-refractivity contribution in [3.8, 4) is 43.4 Å². The number of anilines is 4. The van der Waals surface area contributed by atoms with E-state index in [2.05, 4.69) is 40.5 Å². The molecule has 0 radical (unpaired) electrons. The Bertz CT molecular complexity index is 4100. The second kappa shape index (κ2) is 19.4. The van der Waals surface area contributed by atoms with E-state index in [1.54, 1.807) is 61.8 Å². The van der Waals surface area contributed by atoms with Gasteiger partial charge >= 0.3 is 0 Å². The molecule has 0 amide bonds. The summed E-state index contributed by atoms with van der Waals surface area (Å²) < 4.78 is 62.0. The zero-order valence-corrected chi connectivity index (χ0v) is 41.7. The summed E-state index contributed by atoms with van der Waals surface area (Å²) in [6.45, 7) is 3.59. The third-order valence-electron chi connectivity index (χ3n) is 12.3. The maximum atomic E-state index is 14.2. The lowest BCUT2D eigenvalue weighted by molar-refractivity contribution is 0.566. The lowest BCUT2D eigenvalue weighted by Crippen LogP contribution is -2.23. The highest BCUT2D eigenvalue weighted by Gasteiger charge is 2.29. The molecule has 0 unspecified atom stereocenters. The first-order valence-corrected chi connectivity index (χ1v) is 24.5. The number of nitrogens with two attached hydrogens (primary N) is 2. The van der Waals surface area contributed by atoms with Gasteiger partial charge in [0.25, 0.3) is 11.1 Å². The highest BCUT2D eigenvalue weighted by atomic mass is 32.1. The van der Waals surface area contributed by atoms with E-state index < -0.39 is 46.5 Å². The summed E-state index contributed by atoms with van der Waals surface area (Å²) in [4.78, 5) is 64.0. The van der Waals surface area contributed by atoms with Crippen LogP contribution in [0.15, 0.2) is 120 Å². The smallest absolute Gasteiger partial charge is 0.266 e.